The minimum Gasteiger partial charge on any atom is -0.382 e. The van der Waals surface area contributed by atoms with Gasteiger partial charge in [-0.2, -0.15) is 0 Å². The Balaban J connectivity index is 2.30. The number of hydrogen-bond donors (Lipinski definition) is 1. The van der Waals surface area contributed by atoms with Gasteiger partial charge >= 0.3 is 0 Å². The lowest BCUT2D eigenvalue weighted by Crippen LogP contribution is -2.30. The first-order valence-electron chi connectivity index (χ1n) is 4.64. The van der Waals surface area contributed by atoms with E-state index in [9.17, 15) is 5.11 Å². The summed E-state index contributed by atoms with van der Waals surface area (Å²) in [5.74, 6) is 0. The molecule has 1 atom stereocenters. The molecule has 1 saturated heterocycles. The molecule has 0 aromatic carbocycles. The Morgan fingerprint density at radius 2 is 2.36 bits per heavy atom. The molecule has 1 aliphatic heterocycles. The van der Waals surface area contributed by atoms with Gasteiger partial charge in [0.2, 0.25) is 0 Å². The Hall–Kier alpha value is -0.640. The van der Waals surface area contributed by atoms with Crippen molar-refractivity contribution in [3.8, 4) is 0 Å². The maximum absolute atomic E-state index is 10.3. The van der Waals surface area contributed by atoms with Crippen LogP contribution in [0.25, 0.3) is 0 Å². The minimum absolute atomic E-state index is 0.436. The Morgan fingerprint density at radius 1 is 1.57 bits per heavy atom. The Morgan fingerprint density at radius 3 is 2.93 bits per heavy atom. The highest BCUT2D eigenvalue weighted by molar-refractivity contribution is 6.29. The van der Waals surface area contributed by atoms with E-state index < -0.39 is 5.60 Å². The lowest BCUT2D eigenvalue weighted by molar-refractivity contribution is 0.0445. The van der Waals surface area contributed by atoms with Gasteiger partial charge in [0.15, 0.2) is 0 Å². The number of rotatable bonds is 1. The van der Waals surface area contributed by atoms with E-state index in [0.29, 0.717) is 17.4 Å². The van der Waals surface area contributed by atoms with Gasteiger partial charge in [-0.25, -0.2) is 4.98 Å². The van der Waals surface area contributed by atoms with Crippen LogP contribution in [0.15, 0.2) is 18.2 Å². The summed E-state index contributed by atoms with van der Waals surface area (Å²) in [6.07, 6.45) is 0.719. The molecule has 0 spiro atoms. The maximum atomic E-state index is 10.3. The number of aliphatic hydroxyl groups is 1. The molecule has 1 aliphatic rings. The van der Waals surface area contributed by atoms with Crippen LogP contribution < -0.4 is 0 Å². The van der Waals surface area contributed by atoms with Gasteiger partial charge in [-0.15, -0.1) is 0 Å². The van der Waals surface area contributed by atoms with Gasteiger partial charge < -0.3 is 10.0 Å². The smallest absolute Gasteiger partial charge is 0.129 e. The van der Waals surface area contributed by atoms with Crippen LogP contribution in [-0.2, 0) is 5.60 Å². The summed E-state index contributed by atoms with van der Waals surface area (Å²) in [6.45, 7) is 1.52. The number of hydrogen-bond acceptors (Lipinski definition) is 3. The van der Waals surface area contributed by atoms with Gasteiger partial charge in [-0.3, -0.25) is 0 Å². The first-order valence-corrected chi connectivity index (χ1v) is 5.02. The normalized spacial score (nSPS) is 28.2. The largest absolute Gasteiger partial charge is 0.382 e. The van der Waals surface area contributed by atoms with Crippen LogP contribution in [0.2, 0.25) is 5.15 Å². The molecule has 2 rings (SSSR count). The third kappa shape index (κ3) is 1.75. The number of likely N-dealkylation sites (N-methyl/N-ethyl adjacent to an activating group) is 1. The van der Waals surface area contributed by atoms with Crippen molar-refractivity contribution in [2.24, 2.45) is 0 Å². The fraction of sp³-hybridized carbons (Fsp3) is 0.500. The van der Waals surface area contributed by atoms with E-state index in [1.54, 1.807) is 6.07 Å². The number of pyridine rings is 1. The number of halogens is 1. The zero-order valence-electron chi connectivity index (χ0n) is 8.07. The molecule has 4 heteroatoms. The quantitative estimate of drug-likeness (QED) is 0.712. The van der Waals surface area contributed by atoms with Crippen LogP contribution in [-0.4, -0.2) is 35.1 Å². The molecule has 0 unspecified atom stereocenters. The lowest BCUT2D eigenvalue weighted by atomic mass is 9.98. The highest BCUT2D eigenvalue weighted by atomic mass is 35.5. The summed E-state index contributed by atoms with van der Waals surface area (Å²) in [4.78, 5) is 6.24. The topological polar surface area (TPSA) is 36.4 Å². The van der Waals surface area contributed by atoms with Crippen LogP contribution in [0.4, 0.5) is 0 Å². The van der Waals surface area contributed by atoms with Crippen molar-refractivity contribution in [3.63, 3.8) is 0 Å². The predicted molar refractivity (Wildman–Crippen MR) is 55.3 cm³/mol. The molecule has 0 bridgehead atoms. The summed E-state index contributed by atoms with van der Waals surface area (Å²) >= 11 is 5.79. The fourth-order valence-electron chi connectivity index (χ4n) is 1.86. The molecule has 1 N–H and O–H groups in total. The highest BCUT2D eigenvalue weighted by Crippen LogP contribution is 2.30. The second kappa shape index (κ2) is 3.50. The molecule has 0 saturated carbocycles. The molecule has 76 valence electrons. The number of aromatic nitrogens is 1. The van der Waals surface area contributed by atoms with Crippen molar-refractivity contribution >= 4 is 11.6 Å². The third-order valence-electron chi connectivity index (χ3n) is 2.63. The number of likely N-dealkylation sites (tertiary alicyclic amines) is 1. The molecule has 1 aromatic rings. The molecule has 0 aliphatic carbocycles. The molecule has 0 radical (unpaired) electrons. The molecular weight excluding hydrogens is 200 g/mol. The van der Waals surface area contributed by atoms with E-state index in [0.717, 1.165) is 13.0 Å². The van der Waals surface area contributed by atoms with Crippen molar-refractivity contribution in [2.75, 3.05) is 20.1 Å². The zero-order chi connectivity index (χ0) is 10.2. The lowest BCUT2D eigenvalue weighted by Gasteiger charge is -2.21. The average Bonchev–Trinajstić information content (AvgIpc) is 2.48. The second-order valence-electron chi connectivity index (χ2n) is 3.86. The van der Waals surface area contributed by atoms with Gasteiger partial charge in [-0.05, 0) is 25.6 Å². The Labute approximate surface area is 88.3 Å². The van der Waals surface area contributed by atoms with Crippen molar-refractivity contribution < 1.29 is 5.11 Å². The predicted octanol–water partition coefficient (Wildman–Crippen LogP) is 1.26. The van der Waals surface area contributed by atoms with Crippen LogP contribution in [0.3, 0.4) is 0 Å². The molecule has 1 fully saturated rings. The maximum Gasteiger partial charge on any atom is 0.129 e. The third-order valence-corrected chi connectivity index (χ3v) is 2.84. The van der Waals surface area contributed by atoms with Crippen LogP contribution in [0, 0.1) is 0 Å². The van der Waals surface area contributed by atoms with Gasteiger partial charge in [0.1, 0.15) is 10.8 Å². The molecule has 1 aromatic heterocycles. The number of nitrogens with zero attached hydrogens (tertiary/aromatic N) is 2. The molecule has 2 heterocycles. The molecule has 0 amide bonds. The summed E-state index contributed by atoms with van der Waals surface area (Å²) in [5.41, 5.74) is -0.144. The SMILES string of the molecule is CN1CC[C@@](O)(c2cccc(Cl)n2)C1. The summed E-state index contributed by atoms with van der Waals surface area (Å²) in [6, 6.07) is 5.36. The summed E-state index contributed by atoms with van der Waals surface area (Å²) < 4.78 is 0. The van der Waals surface area contributed by atoms with Crippen LogP contribution in [0.5, 0.6) is 0 Å². The van der Waals surface area contributed by atoms with Crippen LogP contribution in [0.1, 0.15) is 12.1 Å². The average molecular weight is 213 g/mol. The monoisotopic (exact) mass is 212 g/mol. The van der Waals surface area contributed by atoms with Crippen molar-refractivity contribution in [1.82, 2.24) is 9.88 Å². The van der Waals surface area contributed by atoms with E-state index in [4.69, 9.17) is 11.6 Å². The second-order valence-corrected chi connectivity index (χ2v) is 4.25. The van der Waals surface area contributed by atoms with E-state index in [-0.39, 0.29) is 0 Å². The van der Waals surface area contributed by atoms with Crippen molar-refractivity contribution in [1.29, 1.82) is 0 Å². The van der Waals surface area contributed by atoms with Gasteiger partial charge in [0, 0.05) is 13.1 Å². The van der Waals surface area contributed by atoms with Gasteiger partial charge in [0.05, 0.1) is 5.69 Å². The first kappa shape index (κ1) is 9.90. The summed E-state index contributed by atoms with van der Waals surface area (Å²) in [5, 5.41) is 10.7. The van der Waals surface area contributed by atoms with E-state index >= 15 is 0 Å². The van der Waals surface area contributed by atoms with E-state index in [2.05, 4.69) is 9.88 Å². The van der Waals surface area contributed by atoms with Crippen LogP contribution >= 0.6 is 11.6 Å². The van der Waals surface area contributed by atoms with E-state index in [1.807, 2.05) is 19.2 Å². The molecular formula is C10H13ClN2O. The van der Waals surface area contributed by atoms with Gasteiger partial charge in [0.25, 0.3) is 0 Å². The molecule has 14 heavy (non-hydrogen) atoms. The first-order chi connectivity index (χ1) is 6.60. The van der Waals surface area contributed by atoms with Crippen molar-refractivity contribution in [3.05, 3.63) is 29.0 Å². The van der Waals surface area contributed by atoms with Gasteiger partial charge in [-0.1, -0.05) is 17.7 Å². The minimum atomic E-state index is -0.820. The highest BCUT2D eigenvalue weighted by Gasteiger charge is 2.37. The van der Waals surface area contributed by atoms with E-state index in [1.165, 1.54) is 0 Å². The zero-order valence-corrected chi connectivity index (χ0v) is 8.83. The fourth-order valence-corrected chi connectivity index (χ4v) is 2.02. The standard InChI is InChI=1S/C10H13ClN2O/c1-13-6-5-10(14,7-13)8-3-2-4-9(11)12-8/h2-4,14H,5-7H2,1H3/t10-/m0/s1. The number of β-amino-alcohol motifs (C(OH)–C–C–N with tert-alkyl or cyclic N) is 1. The summed E-state index contributed by atoms with van der Waals surface area (Å²) in [7, 11) is 1.99. The Bertz CT molecular complexity index is 345. The Kier molecular flexibility index (Phi) is 2.47. The molecule has 3 nitrogen and oxygen atoms in total. The van der Waals surface area contributed by atoms with Crippen molar-refractivity contribution in [2.45, 2.75) is 12.0 Å².